The van der Waals surface area contributed by atoms with E-state index in [2.05, 4.69) is 15.4 Å². The van der Waals surface area contributed by atoms with Crippen molar-refractivity contribution in [2.45, 2.75) is 19.3 Å². The Bertz CT molecular complexity index is 507. The van der Waals surface area contributed by atoms with Crippen LogP contribution in [0.2, 0.25) is 0 Å². The molecule has 16 heavy (non-hydrogen) atoms. The number of nitrogens with zero attached hydrogens (tertiary/aromatic N) is 2. The van der Waals surface area contributed by atoms with Crippen LogP contribution >= 0.6 is 0 Å². The summed E-state index contributed by atoms with van der Waals surface area (Å²) < 4.78 is 5.03. The zero-order chi connectivity index (χ0) is 11.0. The van der Waals surface area contributed by atoms with Gasteiger partial charge in [-0.05, 0) is 25.3 Å². The predicted molar refractivity (Wildman–Crippen MR) is 59.6 cm³/mol. The smallest absolute Gasteiger partial charge is 0.165 e. The summed E-state index contributed by atoms with van der Waals surface area (Å²) in [5.41, 5.74) is 5.77. The van der Waals surface area contributed by atoms with Crippen molar-refractivity contribution in [3.63, 3.8) is 0 Å². The maximum atomic E-state index is 5.48. The van der Waals surface area contributed by atoms with Crippen LogP contribution in [-0.4, -0.2) is 9.97 Å². The molecule has 1 aliphatic carbocycles. The summed E-state index contributed by atoms with van der Waals surface area (Å²) in [5.74, 6) is 6.89. The average Bonchev–Trinajstić information content (AvgIpc) is 2.97. The molecule has 0 aliphatic heterocycles. The SMILES string of the molecule is NNc1nc(-c2ccoc2)nc2c1CCC2. The molecule has 0 radical (unpaired) electrons. The van der Waals surface area contributed by atoms with E-state index in [1.807, 2.05) is 6.07 Å². The molecule has 82 valence electrons. The van der Waals surface area contributed by atoms with Gasteiger partial charge in [0, 0.05) is 11.3 Å². The first kappa shape index (κ1) is 9.35. The summed E-state index contributed by atoms with van der Waals surface area (Å²) in [6.07, 6.45) is 6.36. The second-order valence-electron chi connectivity index (χ2n) is 3.83. The largest absolute Gasteiger partial charge is 0.472 e. The van der Waals surface area contributed by atoms with E-state index in [1.54, 1.807) is 12.5 Å². The van der Waals surface area contributed by atoms with Crippen molar-refractivity contribution >= 4 is 5.82 Å². The third-order valence-electron chi connectivity index (χ3n) is 2.85. The van der Waals surface area contributed by atoms with E-state index in [9.17, 15) is 0 Å². The van der Waals surface area contributed by atoms with Gasteiger partial charge >= 0.3 is 0 Å². The van der Waals surface area contributed by atoms with Gasteiger partial charge in [0.1, 0.15) is 12.1 Å². The number of nitrogens with one attached hydrogen (secondary N) is 1. The molecule has 0 saturated heterocycles. The molecule has 0 aromatic carbocycles. The van der Waals surface area contributed by atoms with E-state index in [-0.39, 0.29) is 0 Å². The first-order valence-electron chi connectivity index (χ1n) is 5.27. The Kier molecular flexibility index (Phi) is 2.11. The summed E-state index contributed by atoms with van der Waals surface area (Å²) in [4.78, 5) is 8.94. The molecule has 5 heteroatoms. The van der Waals surface area contributed by atoms with Crippen LogP contribution in [0.15, 0.2) is 23.0 Å². The molecule has 2 aromatic rings. The van der Waals surface area contributed by atoms with Crippen LogP contribution < -0.4 is 11.3 Å². The number of hydrogen-bond donors (Lipinski definition) is 2. The second kappa shape index (κ2) is 3.61. The van der Waals surface area contributed by atoms with Crippen LogP contribution in [0.1, 0.15) is 17.7 Å². The standard InChI is InChI=1S/C11H12N4O/c12-15-11-8-2-1-3-9(8)13-10(14-11)7-4-5-16-6-7/h4-6H,1-3,12H2,(H,13,14,15). The van der Waals surface area contributed by atoms with Crippen molar-refractivity contribution in [3.8, 4) is 11.4 Å². The first-order chi connectivity index (χ1) is 7.88. The van der Waals surface area contributed by atoms with Gasteiger partial charge in [0.15, 0.2) is 5.82 Å². The van der Waals surface area contributed by atoms with E-state index < -0.39 is 0 Å². The van der Waals surface area contributed by atoms with Crippen LogP contribution in [0, 0.1) is 0 Å². The molecule has 2 heterocycles. The van der Waals surface area contributed by atoms with E-state index >= 15 is 0 Å². The number of nitrogens with two attached hydrogens (primary N) is 1. The number of furan rings is 1. The molecule has 1 aliphatic rings. The molecule has 0 amide bonds. The van der Waals surface area contributed by atoms with Crippen LogP contribution in [0.5, 0.6) is 0 Å². The highest BCUT2D eigenvalue weighted by Gasteiger charge is 2.19. The van der Waals surface area contributed by atoms with Crippen LogP contribution in [0.4, 0.5) is 5.82 Å². The number of nitrogen functional groups attached to an aromatic ring is 1. The molecule has 0 atom stereocenters. The highest BCUT2D eigenvalue weighted by molar-refractivity contribution is 5.59. The van der Waals surface area contributed by atoms with Gasteiger partial charge in [-0.2, -0.15) is 0 Å². The fourth-order valence-corrected chi connectivity index (χ4v) is 2.07. The van der Waals surface area contributed by atoms with Crippen molar-refractivity contribution in [2.75, 3.05) is 5.43 Å². The van der Waals surface area contributed by atoms with Crippen molar-refractivity contribution in [3.05, 3.63) is 29.9 Å². The molecule has 2 aromatic heterocycles. The third-order valence-corrected chi connectivity index (χ3v) is 2.85. The molecule has 0 fully saturated rings. The number of anilines is 1. The van der Waals surface area contributed by atoms with Crippen molar-refractivity contribution in [1.29, 1.82) is 0 Å². The topological polar surface area (TPSA) is 77.0 Å². The van der Waals surface area contributed by atoms with Gasteiger partial charge in [-0.3, -0.25) is 0 Å². The first-order valence-corrected chi connectivity index (χ1v) is 5.27. The third kappa shape index (κ3) is 1.37. The Morgan fingerprint density at radius 1 is 1.31 bits per heavy atom. The minimum absolute atomic E-state index is 0.669. The van der Waals surface area contributed by atoms with Crippen LogP contribution in [-0.2, 0) is 12.8 Å². The van der Waals surface area contributed by atoms with E-state index in [0.29, 0.717) is 5.82 Å². The normalized spacial score (nSPS) is 13.8. The average molecular weight is 216 g/mol. The lowest BCUT2D eigenvalue weighted by molar-refractivity contribution is 0.568. The molecular formula is C11H12N4O. The van der Waals surface area contributed by atoms with Gasteiger partial charge in [0.2, 0.25) is 0 Å². The number of rotatable bonds is 2. The maximum absolute atomic E-state index is 5.48. The highest BCUT2D eigenvalue weighted by Crippen LogP contribution is 2.28. The minimum atomic E-state index is 0.669. The van der Waals surface area contributed by atoms with Gasteiger partial charge in [-0.1, -0.05) is 0 Å². The Morgan fingerprint density at radius 3 is 3.00 bits per heavy atom. The number of aromatic nitrogens is 2. The molecular weight excluding hydrogens is 204 g/mol. The quantitative estimate of drug-likeness (QED) is 0.587. The number of hydrogen-bond acceptors (Lipinski definition) is 5. The van der Waals surface area contributed by atoms with Crippen molar-refractivity contribution < 1.29 is 4.42 Å². The molecule has 5 nitrogen and oxygen atoms in total. The van der Waals surface area contributed by atoms with E-state index in [4.69, 9.17) is 10.3 Å². The lowest BCUT2D eigenvalue weighted by Gasteiger charge is -2.07. The van der Waals surface area contributed by atoms with Crippen molar-refractivity contribution in [2.24, 2.45) is 5.84 Å². The Hall–Kier alpha value is -1.88. The molecule has 3 rings (SSSR count). The van der Waals surface area contributed by atoms with Crippen LogP contribution in [0.3, 0.4) is 0 Å². The summed E-state index contributed by atoms with van der Waals surface area (Å²) >= 11 is 0. The predicted octanol–water partition coefficient (Wildman–Crippen LogP) is 1.51. The summed E-state index contributed by atoms with van der Waals surface area (Å²) in [5, 5.41) is 0. The zero-order valence-corrected chi connectivity index (χ0v) is 8.73. The van der Waals surface area contributed by atoms with Gasteiger partial charge in [-0.15, -0.1) is 0 Å². The Morgan fingerprint density at radius 2 is 2.25 bits per heavy atom. The summed E-state index contributed by atoms with van der Waals surface area (Å²) in [6, 6.07) is 1.84. The summed E-state index contributed by atoms with van der Waals surface area (Å²) in [6.45, 7) is 0. The lowest BCUT2D eigenvalue weighted by atomic mass is 10.2. The molecule has 0 bridgehead atoms. The van der Waals surface area contributed by atoms with Gasteiger partial charge < -0.3 is 9.84 Å². The van der Waals surface area contributed by atoms with Gasteiger partial charge in [-0.25, -0.2) is 15.8 Å². The second-order valence-corrected chi connectivity index (χ2v) is 3.83. The van der Waals surface area contributed by atoms with Crippen molar-refractivity contribution in [1.82, 2.24) is 9.97 Å². The maximum Gasteiger partial charge on any atom is 0.165 e. The molecule has 0 spiro atoms. The minimum Gasteiger partial charge on any atom is -0.472 e. The van der Waals surface area contributed by atoms with Crippen LogP contribution in [0.25, 0.3) is 11.4 Å². The molecule has 0 saturated carbocycles. The zero-order valence-electron chi connectivity index (χ0n) is 8.73. The molecule has 3 N–H and O–H groups in total. The van der Waals surface area contributed by atoms with E-state index in [1.165, 1.54) is 0 Å². The Balaban J connectivity index is 2.15. The Labute approximate surface area is 92.7 Å². The fraction of sp³-hybridized carbons (Fsp3) is 0.273. The fourth-order valence-electron chi connectivity index (χ4n) is 2.07. The highest BCUT2D eigenvalue weighted by atomic mass is 16.3. The van der Waals surface area contributed by atoms with Gasteiger partial charge in [0.05, 0.1) is 11.8 Å². The number of aryl methyl sites for hydroxylation is 1. The van der Waals surface area contributed by atoms with E-state index in [0.717, 1.165) is 41.9 Å². The van der Waals surface area contributed by atoms with Gasteiger partial charge in [0.25, 0.3) is 0 Å². The monoisotopic (exact) mass is 216 g/mol. The number of fused-ring (bicyclic) bond motifs is 1. The lowest BCUT2D eigenvalue weighted by Crippen LogP contribution is -2.12. The summed E-state index contributed by atoms with van der Waals surface area (Å²) in [7, 11) is 0. The number of hydrazine groups is 1. The molecule has 0 unspecified atom stereocenters.